The van der Waals surface area contributed by atoms with Crippen molar-refractivity contribution >= 4 is 34.0 Å². The van der Waals surface area contributed by atoms with Crippen LogP contribution in [0.2, 0.25) is 0 Å². The molecule has 3 aromatic carbocycles. The lowest BCUT2D eigenvalue weighted by Gasteiger charge is -2.12. The first kappa shape index (κ1) is 22.5. The zero-order chi connectivity index (χ0) is 24.2. The number of methoxy groups -OCH3 is 2. The van der Waals surface area contributed by atoms with Crippen molar-refractivity contribution in [1.29, 1.82) is 5.26 Å². The lowest BCUT2D eigenvalue weighted by molar-refractivity contribution is 0.102. The summed E-state index contributed by atoms with van der Waals surface area (Å²) in [4.78, 5) is 15.6. The third-order valence-electron chi connectivity index (χ3n) is 5.39. The van der Waals surface area contributed by atoms with Gasteiger partial charge in [-0.25, -0.2) is 4.39 Å². The fraction of sp³-hybridized carbons (Fsp3) is 0.120. The Labute approximate surface area is 195 Å². The van der Waals surface area contributed by atoms with E-state index in [2.05, 4.69) is 15.6 Å². The third-order valence-corrected chi connectivity index (χ3v) is 5.39. The fourth-order valence-corrected chi connectivity index (χ4v) is 3.59. The van der Waals surface area contributed by atoms with Crippen molar-refractivity contribution in [1.82, 2.24) is 4.98 Å². The van der Waals surface area contributed by atoms with Crippen molar-refractivity contribution in [3.8, 4) is 17.6 Å². The molecule has 0 unspecified atom stereocenters. The summed E-state index contributed by atoms with van der Waals surface area (Å²) in [6, 6.07) is 17.2. The fourth-order valence-electron chi connectivity index (χ4n) is 3.59. The van der Waals surface area contributed by atoms with E-state index in [4.69, 9.17) is 20.5 Å². The van der Waals surface area contributed by atoms with E-state index >= 15 is 0 Å². The number of carbonyl (C=O) groups excluding carboxylic acids is 1. The number of nitriles is 1. The SMILES string of the molecule is COc1ccc(NCc2ccc(C(=O)Nc3c(N)[nH]c4ccc(C#N)c(F)c34)cc2)cc1OC. The number of hydrogen-bond acceptors (Lipinski definition) is 6. The van der Waals surface area contributed by atoms with Crippen LogP contribution in [0.15, 0.2) is 54.6 Å². The molecule has 8 nitrogen and oxygen atoms in total. The maximum absolute atomic E-state index is 14.7. The highest BCUT2D eigenvalue weighted by molar-refractivity contribution is 6.12. The number of carbonyl (C=O) groups is 1. The van der Waals surface area contributed by atoms with Crippen LogP contribution in [0.25, 0.3) is 10.9 Å². The van der Waals surface area contributed by atoms with Crippen molar-refractivity contribution < 1.29 is 18.7 Å². The van der Waals surface area contributed by atoms with E-state index in [1.807, 2.05) is 30.3 Å². The minimum absolute atomic E-state index is 0.0700. The van der Waals surface area contributed by atoms with Crippen LogP contribution in [-0.2, 0) is 6.54 Å². The van der Waals surface area contributed by atoms with Crippen LogP contribution in [0.4, 0.5) is 21.6 Å². The number of H-pyrrole nitrogens is 1. The summed E-state index contributed by atoms with van der Waals surface area (Å²) in [6.45, 7) is 0.523. The van der Waals surface area contributed by atoms with Gasteiger partial charge in [0.1, 0.15) is 11.9 Å². The van der Waals surface area contributed by atoms with Gasteiger partial charge in [0, 0.05) is 23.9 Å². The molecule has 0 aliphatic carbocycles. The van der Waals surface area contributed by atoms with Crippen molar-refractivity contribution in [3.63, 3.8) is 0 Å². The second kappa shape index (κ2) is 9.42. The number of halogens is 1. The van der Waals surface area contributed by atoms with Gasteiger partial charge in [-0.15, -0.1) is 0 Å². The average Bonchev–Trinajstić information content (AvgIpc) is 3.18. The van der Waals surface area contributed by atoms with Crippen LogP contribution < -0.4 is 25.8 Å². The summed E-state index contributed by atoms with van der Waals surface area (Å²) in [5.74, 6) is 0.180. The van der Waals surface area contributed by atoms with Gasteiger partial charge in [0.05, 0.1) is 36.4 Å². The number of nitrogen functional groups attached to an aromatic ring is 1. The molecule has 172 valence electrons. The summed E-state index contributed by atoms with van der Waals surface area (Å²) in [5.41, 5.74) is 8.49. The zero-order valence-corrected chi connectivity index (χ0v) is 18.5. The maximum atomic E-state index is 14.7. The number of hydrogen-bond donors (Lipinski definition) is 4. The molecule has 5 N–H and O–H groups in total. The van der Waals surface area contributed by atoms with Crippen LogP contribution in [0.3, 0.4) is 0 Å². The van der Waals surface area contributed by atoms with Crippen molar-refractivity contribution in [2.75, 3.05) is 30.6 Å². The molecule has 4 rings (SSSR count). The van der Waals surface area contributed by atoms with Gasteiger partial charge >= 0.3 is 0 Å². The molecule has 1 amide bonds. The molecule has 0 aliphatic rings. The summed E-state index contributed by atoms with van der Waals surface area (Å²) in [7, 11) is 3.15. The van der Waals surface area contributed by atoms with E-state index in [1.54, 1.807) is 38.5 Å². The summed E-state index contributed by atoms with van der Waals surface area (Å²) < 4.78 is 25.2. The van der Waals surface area contributed by atoms with E-state index < -0.39 is 11.7 Å². The van der Waals surface area contributed by atoms with E-state index in [0.29, 0.717) is 29.1 Å². The second-order valence-corrected chi connectivity index (χ2v) is 7.45. The number of fused-ring (bicyclic) bond motifs is 1. The molecule has 0 atom stereocenters. The molecular weight excluding hydrogens is 437 g/mol. The second-order valence-electron chi connectivity index (χ2n) is 7.45. The first-order valence-corrected chi connectivity index (χ1v) is 10.3. The molecule has 0 fully saturated rings. The Morgan fingerprint density at radius 2 is 1.82 bits per heavy atom. The lowest BCUT2D eigenvalue weighted by atomic mass is 10.1. The number of benzene rings is 3. The Bertz CT molecular complexity index is 1410. The molecule has 1 aromatic heterocycles. The number of rotatable bonds is 7. The summed E-state index contributed by atoms with van der Waals surface area (Å²) in [5, 5.41) is 15.1. The van der Waals surface area contributed by atoms with Crippen molar-refractivity contribution in [2.45, 2.75) is 6.54 Å². The predicted octanol–water partition coefficient (Wildman–Crippen LogP) is 4.64. The van der Waals surface area contributed by atoms with Gasteiger partial charge in [-0.05, 0) is 42.0 Å². The topological polar surface area (TPSA) is 125 Å². The molecule has 0 aliphatic heterocycles. The van der Waals surface area contributed by atoms with Crippen LogP contribution in [0.1, 0.15) is 21.5 Å². The third kappa shape index (κ3) is 4.29. The molecule has 0 saturated carbocycles. The predicted molar refractivity (Wildman–Crippen MR) is 129 cm³/mol. The Hall–Kier alpha value is -4.71. The summed E-state index contributed by atoms with van der Waals surface area (Å²) in [6.07, 6.45) is 0. The van der Waals surface area contributed by atoms with Gasteiger partial charge < -0.3 is 30.8 Å². The Kier molecular flexibility index (Phi) is 6.23. The number of amides is 1. The largest absolute Gasteiger partial charge is 0.493 e. The normalized spacial score (nSPS) is 10.5. The number of aromatic amines is 1. The minimum atomic E-state index is -0.736. The molecule has 1 heterocycles. The van der Waals surface area contributed by atoms with Gasteiger partial charge in [0.15, 0.2) is 17.3 Å². The number of nitrogens with two attached hydrogens (primary N) is 1. The first-order valence-electron chi connectivity index (χ1n) is 10.3. The van der Waals surface area contributed by atoms with E-state index in [-0.39, 0.29) is 22.5 Å². The van der Waals surface area contributed by atoms with E-state index in [1.165, 1.54) is 6.07 Å². The van der Waals surface area contributed by atoms with Gasteiger partial charge in [-0.1, -0.05) is 12.1 Å². The Balaban J connectivity index is 1.47. The lowest BCUT2D eigenvalue weighted by Crippen LogP contribution is -2.13. The molecule has 0 saturated heterocycles. The van der Waals surface area contributed by atoms with Gasteiger partial charge in [0.2, 0.25) is 0 Å². The maximum Gasteiger partial charge on any atom is 0.255 e. The average molecular weight is 459 g/mol. The minimum Gasteiger partial charge on any atom is -0.493 e. The highest BCUT2D eigenvalue weighted by Crippen LogP contribution is 2.33. The van der Waals surface area contributed by atoms with Gasteiger partial charge in [0.25, 0.3) is 5.91 Å². The van der Waals surface area contributed by atoms with Crippen LogP contribution >= 0.6 is 0 Å². The number of aromatic nitrogens is 1. The molecule has 34 heavy (non-hydrogen) atoms. The monoisotopic (exact) mass is 459 g/mol. The van der Waals surface area contributed by atoms with Gasteiger partial charge in [-0.3, -0.25) is 4.79 Å². The highest BCUT2D eigenvalue weighted by Gasteiger charge is 2.19. The zero-order valence-electron chi connectivity index (χ0n) is 18.5. The smallest absolute Gasteiger partial charge is 0.255 e. The van der Waals surface area contributed by atoms with Crippen molar-refractivity contribution in [3.05, 3.63) is 77.1 Å². The number of nitrogens with one attached hydrogen (secondary N) is 3. The molecule has 0 radical (unpaired) electrons. The number of nitrogens with zero attached hydrogens (tertiary/aromatic N) is 1. The Morgan fingerprint density at radius 1 is 1.09 bits per heavy atom. The first-order chi connectivity index (χ1) is 16.4. The molecule has 4 aromatic rings. The number of ether oxygens (including phenoxy) is 2. The highest BCUT2D eigenvalue weighted by atomic mass is 19.1. The van der Waals surface area contributed by atoms with E-state index in [9.17, 15) is 9.18 Å². The quantitative estimate of drug-likeness (QED) is 0.319. The Morgan fingerprint density at radius 3 is 2.50 bits per heavy atom. The van der Waals surface area contributed by atoms with Gasteiger partial charge in [-0.2, -0.15) is 5.26 Å². The van der Waals surface area contributed by atoms with Crippen LogP contribution in [-0.4, -0.2) is 25.1 Å². The van der Waals surface area contributed by atoms with Crippen LogP contribution in [0, 0.1) is 17.1 Å². The standard InChI is InChI=1S/C25H22FN5O3/c1-33-19-10-8-17(11-20(19)34-2)29-13-14-3-5-15(6-4-14)25(32)31-23-21-18(30-24(23)28)9-7-16(12-27)22(21)26/h3-11,29-30H,13,28H2,1-2H3,(H,31,32). The van der Waals surface area contributed by atoms with Crippen LogP contribution in [0.5, 0.6) is 11.5 Å². The molecular formula is C25H22FN5O3. The molecule has 0 spiro atoms. The number of anilines is 3. The summed E-state index contributed by atoms with van der Waals surface area (Å²) >= 11 is 0. The molecule has 0 bridgehead atoms. The van der Waals surface area contributed by atoms with E-state index in [0.717, 1.165) is 11.3 Å². The molecule has 9 heteroatoms. The van der Waals surface area contributed by atoms with Crippen molar-refractivity contribution in [2.24, 2.45) is 0 Å².